The van der Waals surface area contributed by atoms with Gasteiger partial charge in [-0.15, -0.1) is 0 Å². The van der Waals surface area contributed by atoms with Crippen LogP contribution in [-0.2, 0) is 6.61 Å². The predicted molar refractivity (Wildman–Crippen MR) is 76.9 cm³/mol. The van der Waals surface area contributed by atoms with Crippen LogP contribution in [0.3, 0.4) is 0 Å². The third-order valence-electron chi connectivity index (χ3n) is 2.86. The molecule has 1 N–H and O–H groups in total. The van der Waals surface area contributed by atoms with Gasteiger partial charge in [0, 0.05) is 35.1 Å². The Labute approximate surface area is 120 Å². The number of fused-ring (bicyclic) bond motifs is 1. The number of hydrogen-bond acceptors (Lipinski definition) is 2. The molecule has 2 heterocycles. The SMILES string of the molecule is Clc1cncc(Cl)c1COc1ccc2[nH]ccc2c1. The largest absolute Gasteiger partial charge is 0.489 e. The van der Waals surface area contributed by atoms with Gasteiger partial charge in [0.05, 0.1) is 10.0 Å². The van der Waals surface area contributed by atoms with Gasteiger partial charge < -0.3 is 9.72 Å². The second-order valence-corrected chi connectivity index (χ2v) is 4.91. The summed E-state index contributed by atoms with van der Waals surface area (Å²) in [7, 11) is 0. The lowest BCUT2D eigenvalue weighted by atomic mass is 10.2. The van der Waals surface area contributed by atoms with Gasteiger partial charge in [0.1, 0.15) is 12.4 Å². The van der Waals surface area contributed by atoms with E-state index in [0.29, 0.717) is 16.7 Å². The van der Waals surface area contributed by atoms with E-state index in [0.717, 1.165) is 22.2 Å². The van der Waals surface area contributed by atoms with E-state index in [9.17, 15) is 0 Å². The molecule has 96 valence electrons. The molecule has 0 fully saturated rings. The van der Waals surface area contributed by atoms with Crippen LogP contribution < -0.4 is 4.74 Å². The first-order valence-corrected chi connectivity index (χ1v) is 6.47. The third kappa shape index (κ3) is 2.53. The van der Waals surface area contributed by atoms with Gasteiger partial charge in [0.25, 0.3) is 0 Å². The highest BCUT2D eigenvalue weighted by Crippen LogP contribution is 2.26. The van der Waals surface area contributed by atoms with E-state index < -0.39 is 0 Å². The van der Waals surface area contributed by atoms with Gasteiger partial charge in [0.2, 0.25) is 0 Å². The molecule has 0 radical (unpaired) electrons. The smallest absolute Gasteiger partial charge is 0.120 e. The van der Waals surface area contributed by atoms with Gasteiger partial charge >= 0.3 is 0 Å². The summed E-state index contributed by atoms with van der Waals surface area (Å²) in [6.07, 6.45) is 5.01. The first kappa shape index (κ1) is 12.3. The molecule has 0 amide bonds. The molecule has 0 unspecified atom stereocenters. The van der Waals surface area contributed by atoms with Gasteiger partial charge in [-0.1, -0.05) is 23.2 Å². The van der Waals surface area contributed by atoms with Crippen molar-refractivity contribution in [1.29, 1.82) is 0 Å². The van der Waals surface area contributed by atoms with Crippen LogP contribution in [0.25, 0.3) is 10.9 Å². The number of nitrogens with one attached hydrogen (secondary N) is 1. The van der Waals surface area contributed by atoms with Gasteiger partial charge in [-0.3, -0.25) is 4.98 Å². The van der Waals surface area contributed by atoms with Gasteiger partial charge in [-0.05, 0) is 24.3 Å². The number of rotatable bonds is 3. The fourth-order valence-corrected chi connectivity index (χ4v) is 2.33. The van der Waals surface area contributed by atoms with Gasteiger partial charge in [-0.2, -0.15) is 0 Å². The first-order valence-electron chi connectivity index (χ1n) is 5.72. The standard InChI is InChI=1S/C14H10Cl2N2O/c15-12-6-17-7-13(16)11(12)8-19-10-1-2-14-9(5-10)3-4-18-14/h1-7,18H,8H2. The Bertz CT molecular complexity index is 704. The van der Waals surface area contributed by atoms with Crippen molar-refractivity contribution in [2.75, 3.05) is 0 Å². The lowest BCUT2D eigenvalue weighted by Gasteiger charge is -2.09. The molecule has 3 rings (SSSR count). The lowest BCUT2D eigenvalue weighted by Crippen LogP contribution is -1.97. The molecule has 0 aliphatic carbocycles. The molecule has 0 atom stereocenters. The van der Waals surface area contributed by atoms with Crippen molar-refractivity contribution < 1.29 is 4.74 Å². The summed E-state index contributed by atoms with van der Waals surface area (Å²) in [5, 5.41) is 2.12. The lowest BCUT2D eigenvalue weighted by molar-refractivity contribution is 0.306. The van der Waals surface area contributed by atoms with E-state index in [1.54, 1.807) is 12.4 Å². The molecule has 0 spiro atoms. The Kier molecular flexibility index (Phi) is 3.32. The summed E-state index contributed by atoms with van der Waals surface area (Å²) < 4.78 is 5.72. The fourth-order valence-electron chi connectivity index (χ4n) is 1.85. The highest BCUT2D eigenvalue weighted by Gasteiger charge is 2.07. The van der Waals surface area contributed by atoms with Gasteiger partial charge in [0.15, 0.2) is 0 Å². The Morgan fingerprint density at radius 1 is 1.11 bits per heavy atom. The molecule has 1 aromatic carbocycles. The van der Waals surface area contributed by atoms with E-state index in [4.69, 9.17) is 27.9 Å². The number of halogens is 2. The number of ether oxygens (including phenoxy) is 1. The molecule has 0 aliphatic heterocycles. The summed E-state index contributed by atoms with van der Waals surface area (Å²) in [4.78, 5) is 7.04. The molecule has 5 heteroatoms. The maximum absolute atomic E-state index is 6.04. The number of aromatic nitrogens is 2. The molecule has 0 saturated carbocycles. The van der Waals surface area contributed by atoms with Crippen LogP contribution in [0, 0.1) is 0 Å². The number of aromatic amines is 1. The van der Waals surface area contributed by atoms with Crippen LogP contribution in [0.1, 0.15) is 5.56 Å². The fraction of sp³-hybridized carbons (Fsp3) is 0.0714. The number of benzene rings is 1. The van der Waals surface area contributed by atoms with Crippen molar-refractivity contribution in [3.63, 3.8) is 0 Å². The second kappa shape index (κ2) is 5.11. The minimum absolute atomic E-state index is 0.316. The zero-order valence-electron chi connectivity index (χ0n) is 9.86. The topological polar surface area (TPSA) is 37.9 Å². The number of pyridine rings is 1. The summed E-state index contributed by atoms with van der Waals surface area (Å²) in [6.45, 7) is 0.316. The molecule has 0 aliphatic rings. The third-order valence-corrected chi connectivity index (χ3v) is 3.51. The van der Waals surface area contributed by atoms with Crippen LogP contribution in [0.4, 0.5) is 0 Å². The van der Waals surface area contributed by atoms with E-state index in [1.165, 1.54) is 0 Å². The monoisotopic (exact) mass is 292 g/mol. The minimum atomic E-state index is 0.316. The molecular formula is C14H10Cl2N2O. The maximum Gasteiger partial charge on any atom is 0.120 e. The van der Waals surface area contributed by atoms with E-state index in [-0.39, 0.29) is 0 Å². The van der Waals surface area contributed by atoms with E-state index in [2.05, 4.69) is 9.97 Å². The zero-order valence-corrected chi connectivity index (χ0v) is 11.4. The normalized spacial score (nSPS) is 10.8. The van der Waals surface area contributed by atoms with Crippen molar-refractivity contribution in [2.45, 2.75) is 6.61 Å². The van der Waals surface area contributed by atoms with Crippen molar-refractivity contribution in [3.8, 4) is 5.75 Å². The highest BCUT2D eigenvalue weighted by molar-refractivity contribution is 6.35. The summed E-state index contributed by atoms with van der Waals surface area (Å²) in [6, 6.07) is 7.84. The van der Waals surface area contributed by atoms with Crippen LogP contribution >= 0.6 is 23.2 Å². The maximum atomic E-state index is 6.04. The van der Waals surface area contributed by atoms with Crippen LogP contribution in [0.15, 0.2) is 42.9 Å². The van der Waals surface area contributed by atoms with Crippen LogP contribution in [-0.4, -0.2) is 9.97 Å². The second-order valence-electron chi connectivity index (χ2n) is 4.10. The van der Waals surface area contributed by atoms with Crippen molar-refractivity contribution in [2.24, 2.45) is 0 Å². The predicted octanol–water partition coefficient (Wildman–Crippen LogP) is 4.45. The molecular weight excluding hydrogens is 283 g/mol. The summed E-state index contributed by atoms with van der Waals surface area (Å²) in [5.41, 5.74) is 1.82. The first-order chi connectivity index (χ1) is 9.24. The summed E-state index contributed by atoms with van der Waals surface area (Å²) >= 11 is 12.1. The van der Waals surface area contributed by atoms with Crippen molar-refractivity contribution in [1.82, 2.24) is 9.97 Å². The number of H-pyrrole nitrogens is 1. The Morgan fingerprint density at radius 2 is 1.89 bits per heavy atom. The molecule has 2 aromatic heterocycles. The number of nitrogens with zero attached hydrogens (tertiary/aromatic N) is 1. The van der Waals surface area contributed by atoms with Crippen LogP contribution in [0.5, 0.6) is 5.75 Å². The average molecular weight is 293 g/mol. The Balaban J connectivity index is 1.82. The van der Waals surface area contributed by atoms with Crippen molar-refractivity contribution in [3.05, 3.63) is 58.5 Å². The number of hydrogen-bond donors (Lipinski definition) is 1. The molecule has 3 nitrogen and oxygen atoms in total. The minimum Gasteiger partial charge on any atom is -0.489 e. The Morgan fingerprint density at radius 3 is 2.68 bits per heavy atom. The van der Waals surface area contributed by atoms with Crippen molar-refractivity contribution >= 4 is 34.1 Å². The average Bonchev–Trinajstić information content (AvgIpc) is 2.85. The zero-order chi connectivity index (χ0) is 13.2. The highest BCUT2D eigenvalue weighted by atomic mass is 35.5. The molecule has 3 aromatic rings. The van der Waals surface area contributed by atoms with Gasteiger partial charge in [-0.25, -0.2) is 0 Å². The van der Waals surface area contributed by atoms with Crippen LogP contribution in [0.2, 0.25) is 10.0 Å². The van der Waals surface area contributed by atoms with E-state index >= 15 is 0 Å². The summed E-state index contributed by atoms with van der Waals surface area (Å²) in [5.74, 6) is 0.774. The van der Waals surface area contributed by atoms with E-state index in [1.807, 2.05) is 30.5 Å². The quantitative estimate of drug-likeness (QED) is 0.774. The molecule has 0 bridgehead atoms. The molecule has 19 heavy (non-hydrogen) atoms. The molecule has 0 saturated heterocycles. The Hall–Kier alpha value is -1.71.